The molecule has 6 heteroatoms. The van der Waals surface area contributed by atoms with Crippen molar-refractivity contribution in [2.75, 3.05) is 12.8 Å². The maximum absolute atomic E-state index is 11.9. The third kappa shape index (κ3) is 1.72. The first-order valence-corrected chi connectivity index (χ1v) is 6.41. The molecule has 0 bridgehead atoms. The van der Waals surface area contributed by atoms with Gasteiger partial charge < -0.3 is 20.1 Å². The van der Waals surface area contributed by atoms with Crippen LogP contribution in [0.2, 0.25) is 0 Å². The Bertz CT molecular complexity index is 896. The van der Waals surface area contributed by atoms with Crippen molar-refractivity contribution in [2.24, 2.45) is 7.05 Å². The number of phenolic OH excluding ortho intramolecular Hbond substituents is 1. The minimum absolute atomic E-state index is 0.134. The summed E-state index contributed by atoms with van der Waals surface area (Å²) in [5.41, 5.74) is 8.83. The van der Waals surface area contributed by atoms with Crippen molar-refractivity contribution in [1.82, 2.24) is 9.55 Å². The zero-order valence-electron chi connectivity index (χ0n) is 12.0. The first-order chi connectivity index (χ1) is 9.95. The lowest BCUT2D eigenvalue weighted by molar-refractivity contribution is 0.0601. The molecule has 0 atom stereocenters. The number of esters is 1. The van der Waals surface area contributed by atoms with Crippen LogP contribution in [0.5, 0.6) is 5.75 Å². The summed E-state index contributed by atoms with van der Waals surface area (Å²) >= 11 is 0. The van der Waals surface area contributed by atoms with Gasteiger partial charge in [-0.15, -0.1) is 0 Å². The van der Waals surface area contributed by atoms with Gasteiger partial charge in [-0.3, -0.25) is 0 Å². The van der Waals surface area contributed by atoms with Gasteiger partial charge in [-0.05, 0) is 25.1 Å². The van der Waals surface area contributed by atoms with E-state index in [0.29, 0.717) is 22.4 Å². The van der Waals surface area contributed by atoms with Gasteiger partial charge in [0.05, 0.1) is 29.4 Å². The molecule has 3 aromatic rings. The number of ether oxygens (including phenoxy) is 1. The SMILES string of the molecule is COC(=O)c1c(C)nc2c(c1N)c1cc(O)ccc1n2C. The number of nitrogens with two attached hydrogens (primary N) is 1. The van der Waals surface area contributed by atoms with Gasteiger partial charge in [0.25, 0.3) is 0 Å². The van der Waals surface area contributed by atoms with E-state index < -0.39 is 5.97 Å². The number of methoxy groups -OCH3 is 1. The maximum Gasteiger partial charge on any atom is 0.341 e. The van der Waals surface area contributed by atoms with Crippen molar-refractivity contribution in [3.8, 4) is 5.75 Å². The second kappa shape index (κ2) is 4.37. The molecule has 0 saturated carbocycles. The lowest BCUT2D eigenvalue weighted by atomic mass is 10.1. The third-order valence-electron chi connectivity index (χ3n) is 3.72. The predicted molar refractivity (Wildman–Crippen MR) is 80.4 cm³/mol. The van der Waals surface area contributed by atoms with Crippen LogP contribution in [0.25, 0.3) is 21.9 Å². The number of aromatic hydroxyl groups is 1. The van der Waals surface area contributed by atoms with Crippen LogP contribution in [0.15, 0.2) is 18.2 Å². The first kappa shape index (κ1) is 13.2. The fraction of sp³-hybridized carbons (Fsp3) is 0.200. The smallest absolute Gasteiger partial charge is 0.341 e. The highest BCUT2D eigenvalue weighted by Crippen LogP contribution is 2.35. The maximum atomic E-state index is 11.9. The summed E-state index contributed by atoms with van der Waals surface area (Å²) in [5, 5.41) is 11.1. The number of nitrogen functional groups attached to an aromatic ring is 1. The topological polar surface area (TPSA) is 90.4 Å². The highest BCUT2D eigenvalue weighted by Gasteiger charge is 2.22. The summed E-state index contributed by atoms with van der Waals surface area (Å²) in [6.45, 7) is 1.72. The molecule has 0 saturated heterocycles. The van der Waals surface area contributed by atoms with Crippen molar-refractivity contribution in [1.29, 1.82) is 0 Å². The van der Waals surface area contributed by atoms with Crippen LogP contribution in [0.1, 0.15) is 16.1 Å². The van der Waals surface area contributed by atoms with Crippen LogP contribution in [0, 0.1) is 6.92 Å². The second-order valence-corrected chi connectivity index (χ2v) is 4.94. The highest BCUT2D eigenvalue weighted by molar-refractivity contribution is 6.16. The van der Waals surface area contributed by atoms with E-state index in [0.717, 1.165) is 10.9 Å². The Hall–Kier alpha value is -2.76. The number of benzene rings is 1. The van der Waals surface area contributed by atoms with Gasteiger partial charge in [0.1, 0.15) is 17.0 Å². The number of aromatic nitrogens is 2. The van der Waals surface area contributed by atoms with Gasteiger partial charge in [-0.1, -0.05) is 0 Å². The number of hydrogen-bond acceptors (Lipinski definition) is 5. The van der Waals surface area contributed by atoms with Crippen molar-refractivity contribution in [2.45, 2.75) is 6.92 Å². The standard InChI is InChI=1S/C15H15N3O3/c1-7-11(15(20)21-3)13(16)12-9-6-8(19)4-5-10(9)18(2)14(12)17-7/h4-6,19H,1-3H3,(H2,16,17). The van der Waals surface area contributed by atoms with Crippen LogP contribution in [0.4, 0.5) is 5.69 Å². The minimum Gasteiger partial charge on any atom is -0.508 e. The number of nitrogens with zero attached hydrogens (tertiary/aromatic N) is 2. The number of carbonyl (C=O) groups excluding carboxylic acids is 1. The van der Waals surface area contributed by atoms with Gasteiger partial charge >= 0.3 is 5.97 Å². The number of aryl methyl sites for hydroxylation is 2. The van der Waals surface area contributed by atoms with Crippen LogP contribution < -0.4 is 5.73 Å². The molecule has 1 aromatic carbocycles. The summed E-state index contributed by atoms with van der Waals surface area (Å²) in [5.74, 6) is -0.383. The number of carbonyl (C=O) groups is 1. The Labute approximate surface area is 120 Å². The molecule has 0 fully saturated rings. The lowest BCUT2D eigenvalue weighted by Gasteiger charge is -2.08. The van der Waals surface area contributed by atoms with E-state index in [-0.39, 0.29) is 11.3 Å². The quantitative estimate of drug-likeness (QED) is 0.668. The van der Waals surface area contributed by atoms with E-state index in [1.807, 2.05) is 11.6 Å². The van der Waals surface area contributed by atoms with Crippen LogP contribution in [0.3, 0.4) is 0 Å². The van der Waals surface area contributed by atoms with E-state index >= 15 is 0 Å². The summed E-state index contributed by atoms with van der Waals surface area (Å²) in [7, 11) is 3.17. The largest absolute Gasteiger partial charge is 0.508 e. The molecule has 0 spiro atoms. The molecule has 0 radical (unpaired) electrons. The Morgan fingerprint density at radius 3 is 2.81 bits per heavy atom. The Balaban J connectivity index is 2.55. The molecule has 0 aliphatic rings. The van der Waals surface area contributed by atoms with Crippen LogP contribution >= 0.6 is 0 Å². The van der Waals surface area contributed by atoms with Crippen molar-refractivity contribution >= 4 is 33.6 Å². The number of phenols is 1. The molecule has 2 heterocycles. The molecule has 0 aliphatic heterocycles. The summed E-state index contributed by atoms with van der Waals surface area (Å²) < 4.78 is 6.66. The van der Waals surface area contributed by atoms with Crippen molar-refractivity contribution < 1.29 is 14.6 Å². The average Bonchev–Trinajstić information content (AvgIpc) is 2.71. The molecule has 3 N–H and O–H groups in total. The minimum atomic E-state index is -0.517. The van der Waals surface area contributed by atoms with Gasteiger partial charge in [-0.2, -0.15) is 0 Å². The molecule has 0 unspecified atom stereocenters. The fourth-order valence-electron chi connectivity index (χ4n) is 2.71. The van der Waals surface area contributed by atoms with E-state index in [2.05, 4.69) is 4.98 Å². The molecule has 108 valence electrons. The zero-order valence-corrected chi connectivity index (χ0v) is 12.0. The third-order valence-corrected chi connectivity index (χ3v) is 3.72. The molecular formula is C15H15N3O3. The first-order valence-electron chi connectivity index (χ1n) is 6.41. The molecule has 2 aromatic heterocycles. The molecule has 3 rings (SSSR count). The number of pyridine rings is 1. The Kier molecular flexibility index (Phi) is 2.76. The lowest BCUT2D eigenvalue weighted by Crippen LogP contribution is -2.10. The highest BCUT2D eigenvalue weighted by atomic mass is 16.5. The van der Waals surface area contributed by atoms with Crippen LogP contribution in [-0.4, -0.2) is 27.7 Å². The van der Waals surface area contributed by atoms with E-state index in [1.54, 1.807) is 25.1 Å². The van der Waals surface area contributed by atoms with E-state index in [4.69, 9.17) is 10.5 Å². The van der Waals surface area contributed by atoms with Gasteiger partial charge in [-0.25, -0.2) is 9.78 Å². The normalized spacial score (nSPS) is 11.2. The number of anilines is 1. The molecule has 0 amide bonds. The number of fused-ring (bicyclic) bond motifs is 3. The van der Waals surface area contributed by atoms with Crippen LogP contribution in [-0.2, 0) is 11.8 Å². The number of rotatable bonds is 1. The summed E-state index contributed by atoms with van der Waals surface area (Å²) in [6, 6.07) is 5.01. The molecule has 0 aliphatic carbocycles. The molecule has 21 heavy (non-hydrogen) atoms. The number of hydrogen-bond donors (Lipinski definition) is 2. The van der Waals surface area contributed by atoms with Gasteiger partial charge in [0.15, 0.2) is 0 Å². The molecule has 6 nitrogen and oxygen atoms in total. The fourth-order valence-corrected chi connectivity index (χ4v) is 2.71. The predicted octanol–water partition coefficient (Wildman–Crippen LogP) is 2.11. The van der Waals surface area contributed by atoms with Crippen molar-refractivity contribution in [3.63, 3.8) is 0 Å². The second-order valence-electron chi connectivity index (χ2n) is 4.94. The Morgan fingerprint density at radius 2 is 2.14 bits per heavy atom. The summed E-state index contributed by atoms with van der Waals surface area (Å²) in [4.78, 5) is 16.4. The zero-order chi connectivity index (χ0) is 15.3. The summed E-state index contributed by atoms with van der Waals surface area (Å²) in [6.07, 6.45) is 0. The van der Waals surface area contributed by atoms with Gasteiger partial charge in [0, 0.05) is 12.4 Å². The van der Waals surface area contributed by atoms with Crippen molar-refractivity contribution in [3.05, 3.63) is 29.5 Å². The Morgan fingerprint density at radius 1 is 1.43 bits per heavy atom. The van der Waals surface area contributed by atoms with Gasteiger partial charge in [0.2, 0.25) is 0 Å². The average molecular weight is 285 g/mol. The van der Waals surface area contributed by atoms with E-state index in [1.165, 1.54) is 7.11 Å². The van der Waals surface area contributed by atoms with E-state index in [9.17, 15) is 9.90 Å². The monoisotopic (exact) mass is 285 g/mol. The molecular weight excluding hydrogens is 270 g/mol.